The van der Waals surface area contributed by atoms with E-state index in [1.54, 1.807) is 24.3 Å². The van der Waals surface area contributed by atoms with Crippen molar-refractivity contribution in [1.82, 2.24) is 0 Å². The topological polar surface area (TPSA) is 55.4 Å². The number of alkyl halides is 1. The third-order valence-electron chi connectivity index (χ3n) is 3.01. The molecule has 4 nitrogen and oxygen atoms in total. The highest BCUT2D eigenvalue weighted by Crippen LogP contribution is 2.18. The van der Waals surface area contributed by atoms with E-state index in [1.165, 1.54) is 19.2 Å². The van der Waals surface area contributed by atoms with Gasteiger partial charge < -0.3 is 10.1 Å². The standard InChI is InChI=1S/C16H13ClFNO3/c1-22-16(21)12-6-7-13(18)14(8-12)19-15(20)11-4-2-10(9-17)3-5-11/h2-8H,9H2,1H3,(H,19,20). The number of anilines is 1. The molecule has 0 heterocycles. The highest BCUT2D eigenvalue weighted by molar-refractivity contribution is 6.17. The zero-order valence-electron chi connectivity index (χ0n) is 11.7. The summed E-state index contributed by atoms with van der Waals surface area (Å²) in [4.78, 5) is 23.5. The predicted octanol–water partition coefficient (Wildman–Crippen LogP) is 3.60. The third-order valence-corrected chi connectivity index (χ3v) is 3.31. The fourth-order valence-electron chi connectivity index (χ4n) is 1.81. The number of nitrogens with one attached hydrogen (secondary N) is 1. The van der Waals surface area contributed by atoms with Gasteiger partial charge in [-0.1, -0.05) is 12.1 Å². The van der Waals surface area contributed by atoms with Gasteiger partial charge in [-0.2, -0.15) is 0 Å². The van der Waals surface area contributed by atoms with E-state index in [2.05, 4.69) is 10.1 Å². The van der Waals surface area contributed by atoms with Crippen molar-refractivity contribution in [3.8, 4) is 0 Å². The van der Waals surface area contributed by atoms with E-state index in [4.69, 9.17) is 11.6 Å². The zero-order valence-corrected chi connectivity index (χ0v) is 12.5. The smallest absolute Gasteiger partial charge is 0.337 e. The number of ether oxygens (including phenoxy) is 1. The summed E-state index contributed by atoms with van der Waals surface area (Å²) < 4.78 is 18.3. The monoisotopic (exact) mass is 321 g/mol. The van der Waals surface area contributed by atoms with Gasteiger partial charge >= 0.3 is 5.97 Å². The lowest BCUT2D eigenvalue weighted by Gasteiger charge is -2.08. The summed E-state index contributed by atoms with van der Waals surface area (Å²) in [5, 5.41) is 2.43. The number of amides is 1. The van der Waals surface area contributed by atoms with Gasteiger partial charge in [0.2, 0.25) is 0 Å². The lowest BCUT2D eigenvalue weighted by Crippen LogP contribution is -2.14. The molecule has 0 radical (unpaired) electrons. The molecular weight excluding hydrogens is 309 g/mol. The Kier molecular flexibility index (Phi) is 5.12. The van der Waals surface area contributed by atoms with Gasteiger partial charge in [-0.3, -0.25) is 4.79 Å². The molecule has 2 aromatic rings. The highest BCUT2D eigenvalue weighted by atomic mass is 35.5. The fraction of sp³-hybridized carbons (Fsp3) is 0.125. The Bertz CT molecular complexity index is 701. The second-order valence-electron chi connectivity index (χ2n) is 4.47. The van der Waals surface area contributed by atoms with Gasteiger partial charge in [0.15, 0.2) is 0 Å². The van der Waals surface area contributed by atoms with Gasteiger partial charge in [0.05, 0.1) is 18.4 Å². The van der Waals surface area contributed by atoms with E-state index in [-0.39, 0.29) is 11.3 Å². The summed E-state index contributed by atoms with van der Waals surface area (Å²) in [5.41, 5.74) is 1.29. The molecule has 0 fully saturated rings. The molecule has 0 atom stereocenters. The van der Waals surface area contributed by atoms with Crippen molar-refractivity contribution in [3.05, 3.63) is 65.0 Å². The molecule has 0 aromatic heterocycles. The van der Waals surface area contributed by atoms with Crippen LogP contribution >= 0.6 is 11.6 Å². The molecule has 0 aliphatic rings. The van der Waals surface area contributed by atoms with Crippen molar-refractivity contribution < 1.29 is 18.7 Å². The number of halogens is 2. The summed E-state index contributed by atoms with van der Waals surface area (Å²) in [6.07, 6.45) is 0. The van der Waals surface area contributed by atoms with Crippen LogP contribution in [0.15, 0.2) is 42.5 Å². The van der Waals surface area contributed by atoms with Crippen LogP contribution in [0.1, 0.15) is 26.3 Å². The zero-order chi connectivity index (χ0) is 16.1. The Balaban J connectivity index is 2.21. The first-order valence-corrected chi connectivity index (χ1v) is 6.92. The average molecular weight is 322 g/mol. The normalized spacial score (nSPS) is 10.1. The van der Waals surface area contributed by atoms with E-state index in [0.29, 0.717) is 11.4 Å². The Morgan fingerprint density at radius 1 is 1.14 bits per heavy atom. The van der Waals surface area contributed by atoms with Crippen LogP contribution in [0.5, 0.6) is 0 Å². The van der Waals surface area contributed by atoms with Gasteiger partial charge in [0.25, 0.3) is 5.91 Å². The molecule has 0 saturated heterocycles. The van der Waals surface area contributed by atoms with Crippen LogP contribution in [0, 0.1) is 5.82 Å². The van der Waals surface area contributed by atoms with Crippen molar-refractivity contribution in [2.24, 2.45) is 0 Å². The fourth-order valence-corrected chi connectivity index (χ4v) is 1.98. The number of hydrogen-bond acceptors (Lipinski definition) is 3. The molecule has 0 spiro atoms. The quantitative estimate of drug-likeness (QED) is 0.691. The first kappa shape index (κ1) is 16.0. The molecule has 0 saturated carbocycles. The van der Waals surface area contributed by atoms with E-state index in [1.807, 2.05) is 0 Å². The number of carbonyl (C=O) groups excluding carboxylic acids is 2. The van der Waals surface area contributed by atoms with Crippen LogP contribution in [0.2, 0.25) is 0 Å². The first-order valence-electron chi connectivity index (χ1n) is 6.39. The lowest BCUT2D eigenvalue weighted by molar-refractivity contribution is 0.0600. The minimum Gasteiger partial charge on any atom is -0.465 e. The maximum atomic E-state index is 13.7. The molecule has 22 heavy (non-hydrogen) atoms. The van der Waals surface area contributed by atoms with E-state index >= 15 is 0 Å². The largest absolute Gasteiger partial charge is 0.465 e. The van der Waals surface area contributed by atoms with Crippen LogP contribution in [0.25, 0.3) is 0 Å². The minimum absolute atomic E-state index is 0.0886. The second-order valence-corrected chi connectivity index (χ2v) is 4.74. The number of methoxy groups -OCH3 is 1. The van der Waals surface area contributed by atoms with Gasteiger partial charge in [-0.05, 0) is 35.9 Å². The Hall–Kier alpha value is -2.40. The molecule has 0 unspecified atom stereocenters. The predicted molar refractivity (Wildman–Crippen MR) is 81.7 cm³/mol. The molecule has 114 valence electrons. The van der Waals surface area contributed by atoms with Gasteiger partial charge in [0.1, 0.15) is 5.82 Å². The van der Waals surface area contributed by atoms with Crippen molar-refractivity contribution in [2.75, 3.05) is 12.4 Å². The molecular formula is C16H13ClFNO3. The first-order chi connectivity index (χ1) is 10.5. The Morgan fingerprint density at radius 2 is 1.77 bits per heavy atom. The number of carbonyl (C=O) groups is 2. The minimum atomic E-state index is -0.640. The second kappa shape index (κ2) is 7.04. The van der Waals surface area contributed by atoms with Crippen molar-refractivity contribution >= 4 is 29.2 Å². The molecule has 2 aromatic carbocycles. The van der Waals surface area contributed by atoms with Crippen LogP contribution in [-0.2, 0) is 10.6 Å². The average Bonchev–Trinajstić information content (AvgIpc) is 2.56. The Labute approximate surface area is 131 Å². The van der Waals surface area contributed by atoms with Crippen LogP contribution in [0.4, 0.5) is 10.1 Å². The number of esters is 1. The van der Waals surface area contributed by atoms with E-state index < -0.39 is 17.7 Å². The van der Waals surface area contributed by atoms with Gasteiger partial charge in [0, 0.05) is 11.4 Å². The summed E-state index contributed by atoms with van der Waals surface area (Å²) in [6, 6.07) is 10.2. The number of hydrogen-bond donors (Lipinski definition) is 1. The summed E-state index contributed by atoms with van der Waals surface area (Å²) in [6.45, 7) is 0. The summed E-state index contributed by atoms with van der Waals surface area (Å²) in [5.74, 6) is -1.39. The molecule has 0 aliphatic carbocycles. The van der Waals surface area contributed by atoms with Crippen LogP contribution in [-0.4, -0.2) is 19.0 Å². The molecule has 1 amide bonds. The van der Waals surface area contributed by atoms with E-state index in [9.17, 15) is 14.0 Å². The molecule has 0 bridgehead atoms. The molecule has 2 rings (SSSR count). The SMILES string of the molecule is COC(=O)c1ccc(F)c(NC(=O)c2ccc(CCl)cc2)c1. The Morgan fingerprint density at radius 3 is 2.36 bits per heavy atom. The van der Waals surface area contributed by atoms with Gasteiger partial charge in [-0.25, -0.2) is 9.18 Å². The number of rotatable bonds is 4. The molecule has 0 aliphatic heterocycles. The van der Waals surface area contributed by atoms with Gasteiger partial charge in [-0.15, -0.1) is 11.6 Å². The highest BCUT2D eigenvalue weighted by Gasteiger charge is 2.13. The summed E-state index contributed by atoms with van der Waals surface area (Å²) in [7, 11) is 1.22. The van der Waals surface area contributed by atoms with Crippen molar-refractivity contribution in [3.63, 3.8) is 0 Å². The maximum Gasteiger partial charge on any atom is 0.337 e. The number of benzene rings is 2. The van der Waals surface area contributed by atoms with Crippen LogP contribution < -0.4 is 5.32 Å². The summed E-state index contributed by atoms with van der Waals surface area (Å²) >= 11 is 5.68. The molecule has 1 N–H and O–H groups in total. The van der Waals surface area contributed by atoms with E-state index in [0.717, 1.165) is 11.6 Å². The lowest BCUT2D eigenvalue weighted by atomic mass is 10.1. The molecule has 6 heteroatoms. The maximum absolute atomic E-state index is 13.7. The third kappa shape index (κ3) is 3.62. The van der Waals surface area contributed by atoms with Crippen molar-refractivity contribution in [2.45, 2.75) is 5.88 Å². The van der Waals surface area contributed by atoms with Crippen molar-refractivity contribution in [1.29, 1.82) is 0 Å². The van der Waals surface area contributed by atoms with Crippen LogP contribution in [0.3, 0.4) is 0 Å².